The second-order valence-electron chi connectivity index (χ2n) is 4.22. The SMILES string of the molecule is CC1(C)Oc2ccc(CC/C=N/O)cc2O1. The Morgan fingerprint density at radius 1 is 1.31 bits per heavy atom. The summed E-state index contributed by atoms with van der Waals surface area (Å²) in [4.78, 5) is 0. The molecule has 1 aromatic carbocycles. The van der Waals surface area contributed by atoms with Gasteiger partial charge in [-0.25, -0.2) is 0 Å². The summed E-state index contributed by atoms with van der Waals surface area (Å²) in [6.45, 7) is 3.76. The zero-order valence-corrected chi connectivity index (χ0v) is 9.43. The molecule has 1 aliphatic heterocycles. The molecule has 0 saturated carbocycles. The molecule has 1 aliphatic rings. The van der Waals surface area contributed by atoms with Gasteiger partial charge < -0.3 is 14.7 Å². The number of hydrogen-bond donors (Lipinski definition) is 1. The van der Waals surface area contributed by atoms with Gasteiger partial charge in [-0.3, -0.25) is 0 Å². The van der Waals surface area contributed by atoms with E-state index in [4.69, 9.17) is 14.7 Å². The van der Waals surface area contributed by atoms with E-state index in [0.717, 1.165) is 23.5 Å². The van der Waals surface area contributed by atoms with E-state index in [0.29, 0.717) is 6.42 Å². The van der Waals surface area contributed by atoms with Gasteiger partial charge in [-0.2, -0.15) is 0 Å². The van der Waals surface area contributed by atoms with Crippen LogP contribution in [-0.4, -0.2) is 17.2 Å². The second kappa shape index (κ2) is 4.04. The van der Waals surface area contributed by atoms with Crippen molar-refractivity contribution >= 4 is 6.21 Å². The molecular weight excluding hydrogens is 206 g/mol. The van der Waals surface area contributed by atoms with Crippen LogP contribution in [-0.2, 0) is 6.42 Å². The lowest BCUT2D eigenvalue weighted by molar-refractivity contribution is -0.0431. The third-order valence-corrected chi connectivity index (χ3v) is 2.36. The fourth-order valence-corrected chi connectivity index (χ4v) is 1.71. The summed E-state index contributed by atoms with van der Waals surface area (Å²) in [5.74, 6) is 0.987. The van der Waals surface area contributed by atoms with E-state index < -0.39 is 5.79 Å². The molecule has 2 rings (SSSR count). The van der Waals surface area contributed by atoms with Gasteiger partial charge in [0.1, 0.15) is 0 Å². The van der Waals surface area contributed by atoms with Crippen LogP contribution in [0.5, 0.6) is 11.5 Å². The highest BCUT2D eigenvalue weighted by atomic mass is 16.7. The Morgan fingerprint density at radius 3 is 2.81 bits per heavy atom. The Labute approximate surface area is 94.5 Å². The van der Waals surface area contributed by atoms with E-state index in [-0.39, 0.29) is 0 Å². The summed E-state index contributed by atoms with van der Waals surface area (Å²) >= 11 is 0. The summed E-state index contributed by atoms with van der Waals surface area (Å²) in [5, 5.41) is 11.3. The largest absolute Gasteiger partial charge is 0.449 e. The summed E-state index contributed by atoms with van der Waals surface area (Å²) in [7, 11) is 0. The summed E-state index contributed by atoms with van der Waals surface area (Å²) in [5.41, 5.74) is 1.14. The predicted molar refractivity (Wildman–Crippen MR) is 60.4 cm³/mol. The number of rotatable bonds is 3. The molecule has 0 aromatic heterocycles. The van der Waals surface area contributed by atoms with Crippen molar-refractivity contribution in [1.82, 2.24) is 0 Å². The number of nitrogens with zero attached hydrogens (tertiary/aromatic N) is 1. The zero-order chi connectivity index (χ0) is 11.6. The van der Waals surface area contributed by atoms with E-state index in [1.54, 1.807) is 0 Å². The quantitative estimate of drug-likeness (QED) is 0.485. The second-order valence-corrected chi connectivity index (χ2v) is 4.22. The van der Waals surface area contributed by atoms with Crippen molar-refractivity contribution in [2.24, 2.45) is 5.16 Å². The van der Waals surface area contributed by atoms with Gasteiger partial charge >= 0.3 is 0 Å². The molecule has 0 fully saturated rings. The van der Waals surface area contributed by atoms with Gasteiger partial charge in [0.2, 0.25) is 5.79 Å². The van der Waals surface area contributed by atoms with E-state index in [2.05, 4.69) is 5.16 Å². The molecule has 1 aromatic rings. The number of ether oxygens (including phenoxy) is 2. The number of aryl methyl sites for hydroxylation is 1. The van der Waals surface area contributed by atoms with Crippen LogP contribution < -0.4 is 9.47 Å². The lowest BCUT2D eigenvalue weighted by Crippen LogP contribution is -2.29. The average Bonchev–Trinajstić information content (AvgIpc) is 2.51. The molecular formula is C12H15NO3. The van der Waals surface area contributed by atoms with Gasteiger partial charge in [-0.1, -0.05) is 6.07 Å². The predicted octanol–water partition coefficient (Wildman–Crippen LogP) is 2.59. The zero-order valence-electron chi connectivity index (χ0n) is 9.43. The fourth-order valence-electron chi connectivity index (χ4n) is 1.71. The van der Waals surface area contributed by atoms with E-state index in [9.17, 15) is 0 Å². The first-order valence-electron chi connectivity index (χ1n) is 5.27. The molecule has 0 amide bonds. The average molecular weight is 221 g/mol. The van der Waals surface area contributed by atoms with Crippen LogP contribution in [0, 0.1) is 0 Å². The Hall–Kier alpha value is -1.71. The maximum Gasteiger partial charge on any atom is 0.246 e. The molecule has 86 valence electrons. The third-order valence-electron chi connectivity index (χ3n) is 2.36. The molecule has 0 spiro atoms. The fraction of sp³-hybridized carbons (Fsp3) is 0.417. The van der Waals surface area contributed by atoms with Gasteiger partial charge in [-0.05, 0) is 30.5 Å². The monoisotopic (exact) mass is 221 g/mol. The smallest absolute Gasteiger partial charge is 0.246 e. The van der Waals surface area contributed by atoms with Gasteiger partial charge in [0.25, 0.3) is 0 Å². The van der Waals surface area contributed by atoms with Crippen molar-refractivity contribution in [2.75, 3.05) is 0 Å². The van der Waals surface area contributed by atoms with Crippen molar-refractivity contribution < 1.29 is 14.7 Å². The summed E-state index contributed by atoms with van der Waals surface area (Å²) in [6.07, 6.45) is 3.01. The molecule has 16 heavy (non-hydrogen) atoms. The molecule has 0 bridgehead atoms. The van der Waals surface area contributed by atoms with Crippen LogP contribution in [0.4, 0.5) is 0 Å². The Kier molecular flexibility index (Phi) is 2.73. The van der Waals surface area contributed by atoms with Crippen LogP contribution in [0.25, 0.3) is 0 Å². The molecule has 1 heterocycles. The van der Waals surface area contributed by atoms with Crippen LogP contribution in [0.15, 0.2) is 23.4 Å². The Bertz CT molecular complexity index is 413. The van der Waals surface area contributed by atoms with Crippen LogP contribution in [0.1, 0.15) is 25.8 Å². The number of benzene rings is 1. The van der Waals surface area contributed by atoms with Crippen molar-refractivity contribution in [2.45, 2.75) is 32.5 Å². The number of hydrogen-bond acceptors (Lipinski definition) is 4. The highest BCUT2D eigenvalue weighted by molar-refractivity contribution is 5.57. The first-order valence-corrected chi connectivity index (χ1v) is 5.27. The van der Waals surface area contributed by atoms with Crippen LogP contribution >= 0.6 is 0 Å². The maximum atomic E-state index is 8.29. The first kappa shape index (κ1) is 10.8. The van der Waals surface area contributed by atoms with E-state index in [1.807, 2.05) is 32.0 Å². The molecule has 0 unspecified atom stereocenters. The minimum absolute atomic E-state index is 0.576. The summed E-state index contributed by atoms with van der Waals surface area (Å²) in [6, 6.07) is 5.87. The minimum Gasteiger partial charge on any atom is -0.449 e. The molecule has 0 atom stereocenters. The highest BCUT2D eigenvalue weighted by Crippen LogP contribution is 2.39. The lowest BCUT2D eigenvalue weighted by atomic mass is 10.1. The molecule has 0 radical (unpaired) electrons. The molecule has 0 saturated heterocycles. The van der Waals surface area contributed by atoms with Crippen molar-refractivity contribution in [3.05, 3.63) is 23.8 Å². The van der Waals surface area contributed by atoms with Gasteiger partial charge in [0, 0.05) is 20.1 Å². The van der Waals surface area contributed by atoms with Crippen molar-refractivity contribution in [1.29, 1.82) is 0 Å². The number of oxime groups is 1. The topological polar surface area (TPSA) is 51.0 Å². The lowest BCUT2D eigenvalue weighted by Gasteiger charge is -2.16. The highest BCUT2D eigenvalue weighted by Gasteiger charge is 2.31. The van der Waals surface area contributed by atoms with Crippen LogP contribution in [0.2, 0.25) is 0 Å². The number of fused-ring (bicyclic) bond motifs is 1. The standard InChI is InChI=1S/C12H15NO3/c1-12(2)15-10-6-5-9(4-3-7-13-14)8-11(10)16-12/h5-8,14H,3-4H2,1-2H3/b13-7+. The normalized spacial score (nSPS) is 16.9. The van der Waals surface area contributed by atoms with Crippen molar-refractivity contribution in [3.63, 3.8) is 0 Å². The molecule has 4 nitrogen and oxygen atoms in total. The molecule has 1 N–H and O–H groups in total. The van der Waals surface area contributed by atoms with Crippen LogP contribution in [0.3, 0.4) is 0 Å². The Morgan fingerprint density at radius 2 is 2.06 bits per heavy atom. The minimum atomic E-state index is -0.576. The van der Waals surface area contributed by atoms with Gasteiger partial charge in [-0.15, -0.1) is 5.16 Å². The van der Waals surface area contributed by atoms with E-state index in [1.165, 1.54) is 6.21 Å². The Balaban J connectivity index is 2.10. The van der Waals surface area contributed by atoms with Crippen molar-refractivity contribution in [3.8, 4) is 11.5 Å². The van der Waals surface area contributed by atoms with Gasteiger partial charge in [0.05, 0.1) is 0 Å². The molecule has 4 heteroatoms. The van der Waals surface area contributed by atoms with E-state index >= 15 is 0 Å². The maximum absolute atomic E-state index is 8.29. The third kappa shape index (κ3) is 2.27. The molecule has 0 aliphatic carbocycles. The summed E-state index contributed by atoms with van der Waals surface area (Å²) < 4.78 is 11.2. The first-order chi connectivity index (χ1) is 7.61. The van der Waals surface area contributed by atoms with Gasteiger partial charge in [0.15, 0.2) is 11.5 Å².